The number of ether oxygens (including phenoxy) is 1. The second-order valence-corrected chi connectivity index (χ2v) is 8.27. The lowest BCUT2D eigenvalue weighted by molar-refractivity contribution is -0.147. The van der Waals surface area contributed by atoms with E-state index in [0.717, 1.165) is 22.3 Å². The Kier molecular flexibility index (Phi) is 6.80. The molecule has 1 heterocycles. The van der Waals surface area contributed by atoms with Crippen LogP contribution in [-0.4, -0.2) is 22.2 Å². The third-order valence-corrected chi connectivity index (χ3v) is 5.91. The molecule has 7 heteroatoms. The number of aryl methyl sites for hydroxylation is 1. The smallest absolute Gasteiger partial charge is 0.335 e. The van der Waals surface area contributed by atoms with Crippen LogP contribution in [0.15, 0.2) is 77.3 Å². The third-order valence-electron chi connectivity index (χ3n) is 5.57. The lowest BCUT2D eigenvalue weighted by Gasteiger charge is -2.15. The molecule has 34 heavy (non-hydrogen) atoms. The summed E-state index contributed by atoms with van der Waals surface area (Å²) in [6.45, 7) is 3.56. The predicted molar refractivity (Wildman–Crippen MR) is 129 cm³/mol. The van der Waals surface area contributed by atoms with E-state index < -0.39 is 18.0 Å². The number of esters is 1. The van der Waals surface area contributed by atoms with Crippen LogP contribution in [0.2, 0.25) is 5.02 Å². The van der Waals surface area contributed by atoms with Crippen molar-refractivity contribution >= 4 is 23.5 Å². The molecule has 0 spiro atoms. The van der Waals surface area contributed by atoms with E-state index in [9.17, 15) is 9.59 Å². The maximum Gasteiger partial charge on any atom is 0.335 e. The van der Waals surface area contributed by atoms with E-state index in [1.807, 2.05) is 42.5 Å². The van der Waals surface area contributed by atoms with Crippen molar-refractivity contribution < 1.29 is 24.0 Å². The van der Waals surface area contributed by atoms with Crippen LogP contribution in [0.4, 0.5) is 0 Å². The SMILES string of the molecule is Cc1noc(-c2ccc(-c3ccc(C(=O)O)cc3)cc2)c1CC(=O)OC(C)c1ccccc1Cl. The molecule has 1 unspecified atom stereocenters. The van der Waals surface area contributed by atoms with E-state index in [1.165, 1.54) is 0 Å². The molecule has 0 saturated heterocycles. The fraction of sp³-hybridized carbons (Fsp3) is 0.148. The lowest BCUT2D eigenvalue weighted by atomic mass is 9.99. The molecular weight excluding hydrogens is 454 g/mol. The minimum absolute atomic E-state index is 0.0118. The molecule has 0 aliphatic rings. The van der Waals surface area contributed by atoms with E-state index in [0.29, 0.717) is 22.0 Å². The average molecular weight is 476 g/mol. The molecule has 4 rings (SSSR count). The summed E-state index contributed by atoms with van der Waals surface area (Å²) >= 11 is 6.21. The van der Waals surface area contributed by atoms with Gasteiger partial charge in [-0.1, -0.05) is 71.4 Å². The van der Waals surface area contributed by atoms with Crippen LogP contribution in [0.3, 0.4) is 0 Å². The predicted octanol–water partition coefficient (Wildman–Crippen LogP) is 6.52. The minimum Gasteiger partial charge on any atom is -0.478 e. The number of benzene rings is 3. The number of nitrogens with zero attached hydrogens (tertiary/aromatic N) is 1. The van der Waals surface area contributed by atoms with Gasteiger partial charge >= 0.3 is 11.9 Å². The average Bonchev–Trinajstić information content (AvgIpc) is 3.19. The van der Waals surface area contributed by atoms with Crippen molar-refractivity contribution in [1.82, 2.24) is 5.16 Å². The molecule has 172 valence electrons. The van der Waals surface area contributed by atoms with Crippen molar-refractivity contribution in [2.45, 2.75) is 26.4 Å². The Labute approximate surface area is 201 Å². The molecule has 1 aromatic heterocycles. The Morgan fingerprint density at radius 2 is 1.56 bits per heavy atom. The second-order valence-electron chi connectivity index (χ2n) is 7.87. The van der Waals surface area contributed by atoms with Gasteiger partial charge in [-0.25, -0.2) is 4.79 Å². The lowest BCUT2D eigenvalue weighted by Crippen LogP contribution is -2.12. The van der Waals surface area contributed by atoms with Gasteiger partial charge in [0.2, 0.25) is 0 Å². The Bertz CT molecular complexity index is 1330. The molecule has 0 bridgehead atoms. The summed E-state index contributed by atoms with van der Waals surface area (Å²) in [5.74, 6) is -0.863. The van der Waals surface area contributed by atoms with Gasteiger partial charge in [0, 0.05) is 21.7 Å². The normalized spacial score (nSPS) is 11.7. The molecule has 0 aliphatic heterocycles. The molecular formula is C27H22ClNO5. The Morgan fingerprint density at radius 3 is 2.18 bits per heavy atom. The van der Waals surface area contributed by atoms with E-state index in [-0.39, 0.29) is 12.0 Å². The van der Waals surface area contributed by atoms with Crippen LogP contribution < -0.4 is 0 Å². The summed E-state index contributed by atoms with van der Waals surface area (Å²) < 4.78 is 11.1. The number of carbonyl (C=O) groups excluding carboxylic acids is 1. The Balaban J connectivity index is 1.50. The third kappa shape index (κ3) is 5.02. The van der Waals surface area contributed by atoms with Crippen LogP contribution in [0, 0.1) is 6.92 Å². The highest BCUT2D eigenvalue weighted by atomic mass is 35.5. The maximum absolute atomic E-state index is 12.7. The van der Waals surface area contributed by atoms with Gasteiger partial charge in [0.1, 0.15) is 6.10 Å². The van der Waals surface area contributed by atoms with Gasteiger partial charge in [0.15, 0.2) is 5.76 Å². The standard InChI is InChI=1S/C27H22ClNO5/c1-16-23(15-25(30)33-17(2)22-5-3-4-6-24(22)28)26(34-29-16)20-11-7-18(8-12-20)19-9-13-21(14-10-19)27(31)32/h3-14,17H,15H2,1-2H3,(H,31,32). The highest BCUT2D eigenvalue weighted by Crippen LogP contribution is 2.31. The van der Waals surface area contributed by atoms with E-state index in [4.69, 9.17) is 26.0 Å². The van der Waals surface area contributed by atoms with E-state index in [2.05, 4.69) is 5.16 Å². The molecule has 3 aromatic carbocycles. The zero-order valence-corrected chi connectivity index (χ0v) is 19.4. The fourth-order valence-electron chi connectivity index (χ4n) is 3.69. The van der Waals surface area contributed by atoms with Crippen molar-refractivity contribution in [3.63, 3.8) is 0 Å². The first kappa shape index (κ1) is 23.3. The van der Waals surface area contributed by atoms with Crippen molar-refractivity contribution in [2.75, 3.05) is 0 Å². The first-order chi connectivity index (χ1) is 16.3. The van der Waals surface area contributed by atoms with Gasteiger partial charge in [-0.3, -0.25) is 4.79 Å². The first-order valence-electron chi connectivity index (χ1n) is 10.7. The molecule has 0 saturated carbocycles. The van der Waals surface area contributed by atoms with Crippen LogP contribution in [-0.2, 0) is 16.0 Å². The number of halogens is 1. The van der Waals surface area contributed by atoms with E-state index in [1.54, 1.807) is 44.2 Å². The minimum atomic E-state index is -0.963. The van der Waals surface area contributed by atoms with Gasteiger partial charge in [-0.2, -0.15) is 0 Å². The molecule has 0 amide bonds. The molecule has 6 nitrogen and oxygen atoms in total. The number of rotatable bonds is 7. The van der Waals surface area contributed by atoms with Gasteiger partial charge in [0.05, 0.1) is 17.7 Å². The van der Waals surface area contributed by atoms with Gasteiger partial charge in [-0.05, 0) is 43.2 Å². The van der Waals surface area contributed by atoms with Gasteiger partial charge in [0.25, 0.3) is 0 Å². The number of carboxylic acid groups (broad SMARTS) is 1. The van der Waals surface area contributed by atoms with Crippen molar-refractivity contribution in [3.8, 4) is 22.5 Å². The second kappa shape index (κ2) is 9.93. The summed E-state index contributed by atoms with van der Waals surface area (Å²) in [6.07, 6.45) is -0.477. The van der Waals surface area contributed by atoms with Crippen molar-refractivity contribution in [2.24, 2.45) is 0 Å². The fourth-order valence-corrected chi connectivity index (χ4v) is 3.98. The number of carboxylic acids is 1. The molecule has 4 aromatic rings. The molecule has 1 N–H and O–H groups in total. The first-order valence-corrected chi connectivity index (χ1v) is 11.0. The number of aromatic nitrogens is 1. The van der Waals surface area contributed by atoms with E-state index >= 15 is 0 Å². The molecule has 0 aliphatic carbocycles. The van der Waals surface area contributed by atoms with Crippen LogP contribution >= 0.6 is 11.6 Å². The zero-order chi connectivity index (χ0) is 24.2. The Morgan fingerprint density at radius 1 is 0.971 bits per heavy atom. The largest absolute Gasteiger partial charge is 0.478 e. The summed E-state index contributed by atoms with van der Waals surface area (Å²) in [6, 6.07) is 21.5. The zero-order valence-electron chi connectivity index (χ0n) is 18.6. The quantitative estimate of drug-likeness (QED) is 0.306. The summed E-state index contributed by atoms with van der Waals surface area (Å²) in [4.78, 5) is 23.7. The highest BCUT2D eigenvalue weighted by Gasteiger charge is 2.21. The van der Waals surface area contributed by atoms with Gasteiger partial charge < -0.3 is 14.4 Å². The number of aromatic carboxylic acids is 1. The molecule has 0 radical (unpaired) electrons. The van der Waals surface area contributed by atoms with Crippen LogP contribution in [0.25, 0.3) is 22.5 Å². The summed E-state index contributed by atoms with van der Waals surface area (Å²) in [7, 11) is 0. The summed E-state index contributed by atoms with van der Waals surface area (Å²) in [5.41, 5.74) is 4.84. The van der Waals surface area contributed by atoms with Crippen molar-refractivity contribution in [1.29, 1.82) is 0 Å². The van der Waals surface area contributed by atoms with Crippen LogP contribution in [0.5, 0.6) is 0 Å². The molecule has 1 atom stereocenters. The Hall–Kier alpha value is -3.90. The van der Waals surface area contributed by atoms with Crippen molar-refractivity contribution in [3.05, 3.63) is 100 Å². The van der Waals surface area contributed by atoms with Crippen LogP contribution in [0.1, 0.15) is 40.2 Å². The maximum atomic E-state index is 12.7. The summed E-state index contributed by atoms with van der Waals surface area (Å²) in [5, 5.41) is 13.7. The number of hydrogen-bond acceptors (Lipinski definition) is 5. The topological polar surface area (TPSA) is 89.6 Å². The number of carbonyl (C=O) groups is 2. The monoisotopic (exact) mass is 475 g/mol. The van der Waals surface area contributed by atoms with Gasteiger partial charge in [-0.15, -0.1) is 0 Å². The number of hydrogen-bond donors (Lipinski definition) is 1. The highest BCUT2D eigenvalue weighted by molar-refractivity contribution is 6.31. The molecule has 0 fully saturated rings.